The Hall–Kier alpha value is -3.12. The number of nitrogens with two attached hydrogens (primary N) is 1. The molecule has 214 valence electrons. The summed E-state index contributed by atoms with van der Waals surface area (Å²) in [4.78, 5) is 20.5. The number of pyridine rings is 1. The number of nitrogen functional groups attached to an aromatic ring is 1. The number of amides is 1. The molecule has 1 unspecified atom stereocenters. The number of anilines is 1. The molecule has 4 aromatic rings. The summed E-state index contributed by atoms with van der Waals surface area (Å²) in [6.45, 7) is 3.39. The average Bonchev–Trinajstić information content (AvgIpc) is 3.35. The first-order valence-electron chi connectivity index (χ1n) is 12.8. The minimum Gasteiger partial charge on any atom is -0.493 e. The second kappa shape index (κ2) is 12.2. The summed E-state index contributed by atoms with van der Waals surface area (Å²) in [5.74, 6) is 1.78. The molecule has 12 heteroatoms. The Balaban J connectivity index is 0.00000370. The number of fused-ring (bicyclic) bond motifs is 2. The first-order chi connectivity index (χ1) is 18.7. The lowest BCUT2D eigenvalue weighted by atomic mass is 9.98. The molecule has 2 aromatic carbocycles. The fourth-order valence-corrected chi connectivity index (χ4v) is 7.28. The van der Waals surface area contributed by atoms with Crippen molar-refractivity contribution in [2.45, 2.75) is 37.1 Å². The molecule has 1 atom stereocenters. The number of nitrogens with one attached hydrogen (secondary N) is 1. The summed E-state index contributed by atoms with van der Waals surface area (Å²) in [6, 6.07) is 11.2. The topological polar surface area (TPSA) is 124 Å². The highest BCUT2D eigenvalue weighted by molar-refractivity contribution is 7.89. The lowest BCUT2D eigenvalue weighted by Gasteiger charge is -2.33. The summed E-state index contributed by atoms with van der Waals surface area (Å²) < 4.78 is 41.7. The van der Waals surface area contributed by atoms with Crippen LogP contribution in [-0.2, 0) is 21.2 Å². The number of rotatable bonds is 8. The Labute approximate surface area is 244 Å². The van der Waals surface area contributed by atoms with Crippen LogP contribution in [-0.4, -0.2) is 57.6 Å². The number of halogens is 1. The smallest absolute Gasteiger partial charge is 0.241 e. The van der Waals surface area contributed by atoms with E-state index in [1.54, 1.807) is 42.5 Å². The Morgan fingerprint density at radius 3 is 2.42 bits per heavy atom. The van der Waals surface area contributed by atoms with Gasteiger partial charge in [0.1, 0.15) is 11.9 Å². The summed E-state index contributed by atoms with van der Waals surface area (Å²) >= 11 is 1.48. The van der Waals surface area contributed by atoms with E-state index in [4.69, 9.17) is 15.2 Å². The van der Waals surface area contributed by atoms with Crippen molar-refractivity contribution < 1.29 is 22.7 Å². The number of methoxy groups -OCH3 is 2. The standard InChI is InChI=1S/C28H32N4O5S2.ClH/c1-17-7-10-32(11-8-17)28(33)23(16-20-15-22-26(38-20)6-9-30-27(22)29)31-39(34,35)21-5-4-18-13-24(36-2)25(37-3)14-19(18)12-21;/h4-6,9,12-15,17,23,31H,7-8,10-11,16H2,1-3H3,(H2,29,30);1H. The summed E-state index contributed by atoms with van der Waals surface area (Å²) in [5.41, 5.74) is 6.04. The van der Waals surface area contributed by atoms with E-state index in [0.29, 0.717) is 41.7 Å². The molecule has 1 amide bonds. The quantitative estimate of drug-likeness (QED) is 0.301. The lowest BCUT2D eigenvalue weighted by Crippen LogP contribution is -2.51. The van der Waals surface area contributed by atoms with Crippen molar-refractivity contribution in [2.24, 2.45) is 5.92 Å². The maximum Gasteiger partial charge on any atom is 0.241 e. The molecule has 0 radical (unpaired) electrons. The highest BCUT2D eigenvalue weighted by Gasteiger charge is 2.32. The summed E-state index contributed by atoms with van der Waals surface area (Å²) in [7, 11) is -0.963. The molecule has 3 N–H and O–H groups in total. The van der Waals surface area contributed by atoms with E-state index in [0.717, 1.165) is 33.2 Å². The van der Waals surface area contributed by atoms with E-state index < -0.39 is 16.1 Å². The lowest BCUT2D eigenvalue weighted by molar-refractivity contribution is -0.134. The SMILES string of the molecule is COc1cc2ccc(S(=O)(=O)NC(Cc3cc4c(N)nccc4s3)C(=O)N3CCC(C)CC3)cc2cc1OC.Cl. The molecule has 0 spiro atoms. The van der Waals surface area contributed by atoms with Gasteiger partial charge < -0.3 is 20.1 Å². The van der Waals surface area contributed by atoms with Gasteiger partial charge >= 0.3 is 0 Å². The Morgan fingerprint density at radius 2 is 1.77 bits per heavy atom. The van der Waals surface area contributed by atoms with Crippen molar-refractivity contribution in [3.8, 4) is 11.5 Å². The normalized spacial score (nSPS) is 15.1. The molecule has 2 aromatic heterocycles. The van der Waals surface area contributed by atoms with E-state index in [1.165, 1.54) is 24.5 Å². The van der Waals surface area contributed by atoms with Crippen LogP contribution in [0, 0.1) is 5.92 Å². The number of hydrogen-bond donors (Lipinski definition) is 2. The third-order valence-electron chi connectivity index (χ3n) is 7.25. The number of likely N-dealkylation sites (tertiary alicyclic amines) is 1. The largest absolute Gasteiger partial charge is 0.493 e. The first-order valence-corrected chi connectivity index (χ1v) is 15.1. The maximum absolute atomic E-state index is 13.7. The molecule has 3 heterocycles. The van der Waals surface area contributed by atoms with Crippen LogP contribution in [0.3, 0.4) is 0 Å². The fourth-order valence-electron chi connectivity index (χ4n) is 4.94. The monoisotopic (exact) mass is 604 g/mol. The van der Waals surface area contributed by atoms with Gasteiger partial charge in [-0.15, -0.1) is 23.7 Å². The predicted octanol–water partition coefficient (Wildman–Crippen LogP) is 4.62. The van der Waals surface area contributed by atoms with E-state index in [1.807, 2.05) is 12.1 Å². The van der Waals surface area contributed by atoms with Crippen molar-refractivity contribution in [3.63, 3.8) is 0 Å². The minimum absolute atomic E-state index is 0. The van der Waals surface area contributed by atoms with Gasteiger partial charge in [0, 0.05) is 40.7 Å². The van der Waals surface area contributed by atoms with E-state index in [2.05, 4.69) is 16.6 Å². The van der Waals surface area contributed by atoms with Gasteiger partial charge in [0.05, 0.1) is 19.1 Å². The highest BCUT2D eigenvalue weighted by Crippen LogP contribution is 2.34. The highest BCUT2D eigenvalue weighted by atomic mass is 35.5. The van der Waals surface area contributed by atoms with Crippen LogP contribution >= 0.6 is 23.7 Å². The number of piperidine rings is 1. The number of carbonyl (C=O) groups excluding carboxylic acids is 1. The number of sulfonamides is 1. The molecule has 5 rings (SSSR count). The molecule has 1 fully saturated rings. The molecule has 0 bridgehead atoms. The molecule has 1 aliphatic heterocycles. The van der Waals surface area contributed by atoms with Gasteiger partial charge in [0.15, 0.2) is 11.5 Å². The Morgan fingerprint density at radius 1 is 1.10 bits per heavy atom. The molecule has 1 aliphatic rings. The maximum atomic E-state index is 13.7. The van der Waals surface area contributed by atoms with Crippen molar-refractivity contribution in [1.82, 2.24) is 14.6 Å². The molecule has 0 saturated carbocycles. The van der Waals surface area contributed by atoms with Crippen LogP contribution in [0.1, 0.15) is 24.6 Å². The fraction of sp³-hybridized carbons (Fsp3) is 0.357. The molecule has 0 aliphatic carbocycles. The summed E-state index contributed by atoms with van der Waals surface area (Å²) in [5, 5.41) is 2.28. The number of benzene rings is 2. The van der Waals surface area contributed by atoms with Crippen LogP contribution in [0.25, 0.3) is 20.9 Å². The molecular formula is C28H33ClN4O5S2. The first kappa shape index (κ1) is 29.9. The van der Waals surface area contributed by atoms with Crippen LogP contribution in [0.15, 0.2) is 53.6 Å². The zero-order valence-corrected chi connectivity index (χ0v) is 25.0. The van der Waals surface area contributed by atoms with Crippen molar-refractivity contribution >= 4 is 66.4 Å². The summed E-state index contributed by atoms with van der Waals surface area (Å²) in [6.07, 6.45) is 3.64. The molecule has 40 heavy (non-hydrogen) atoms. The number of carbonyl (C=O) groups is 1. The predicted molar refractivity (Wildman–Crippen MR) is 161 cm³/mol. The Bertz CT molecular complexity index is 1630. The average molecular weight is 605 g/mol. The van der Waals surface area contributed by atoms with Crippen molar-refractivity contribution in [1.29, 1.82) is 0 Å². The number of aromatic nitrogens is 1. The number of hydrogen-bond acceptors (Lipinski definition) is 8. The van der Waals surface area contributed by atoms with Gasteiger partial charge in [-0.3, -0.25) is 4.79 Å². The van der Waals surface area contributed by atoms with E-state index in [9.17, 15) is 13.2 Å². The molecular weight excluding hydrogens is 572 g/mol. The molecule has 9 nitrogen and oxygen atoms in total. The number of thiophene rings is 1. The van der Waals surface area contributed by atoms with Crippen molar-refractivity contribution in [2.75, 3.05) is 33.0 Å². The third kappa shape index (κ3) is 6.12. The van der Waals surface area contributed by atoms with Crippen molar-refractivity contribution in [3.05, 3.63) is 53.5 Å². The minimum atomic E-state index is -4.04. The Kier molecular flexibility index (Phi) is 9.09. The van der Waals surface area contributed by atoms with Gasteiger partial charge in [-0.2, -0.15) is 4.72 Å². The van der Waals surface area contributed by atoms with Crippen LogP contribution in [0.5, 0.6) is 11.5 Å². The zero-order chi connectivity index (χ0) is 27.7. The number of nitrogens with zero attached hydrogens (tertiary/aromatic N) is 2. The second-order valence-electron chi connectivity index (χ2n) is 9.92. The third-order valence-corrected chi connectivity index (χ3v) is 9.84. The van der Waals surface area contributed by atoms with Crippen LogP contribution in [0.2, 0.25) is 0 Å². The van der Waals surface area contributed by atoms with E-state index in [-0.39, 0.29) is 29.6 Å². The van der Waals surface area contributed by atoms with Gasteiger partial charge in [-0.25, -0.2) is 13.4 Å². The van der Waals surface area contributed by atoms with Crippen LogP contribution < -0.4 is 19.9 Å². The number of ether oxygens (including phenoxy) is 2. The second-order valence-corrected chi connectivity index (χ2v) is 12.8. The van der Waals surface area contributed by atoms with Crippen LogP contribution in [0.4, 0.5) is 5.82 Å². The van der Waals surface area contributed by atoms with E-state index >= 15 is 0 Å². The van der Waals surface area contributed by atoms with Gasteiger partial charge in [-0.05, 0) is 65.9 Å². The zero-order valence-electron chi connectivity index (χ0n) is 22.5. The van der Waals surface area contributed by atoms with Gasteiger partial charge in [0.25, 0.3) is 0 Å². The van der Waals surface area contributed by atoms with Gasteiger partial charge in [0.2, 0.25) is 15.9 Å². The van der Waals surface area contributed by atoms with Gasteiger partial charge in [-0.1, -0.05) is 13.0 Å². The molecule has 1 saturated heterocycles.